The highest BCUT2D eigenvalue weighted by Gasteiger charge is 2.16. The third-order valence-corrected chi connectivity index (χ3v) is 3.01. The van der Waals surface area contributed by atoms with Crippen LogP contribution in [0.5, 0.6) is 0 Å². The average Bonchev–Trinajstić information content (AvgIpc) is 2.62. The van der Waals surface area contributed by atoms with Gasteiger partial charge in [0.05, 0.1) is 0 Å². The Kier molecular flexibility index (Phi) is 3.26. The maximum Gasteiger partial charge on any atom is 0.147 e. The summed E-state index contributed by atoms with van der Waals surface area (Å²) in [5, 5.41) is 7.70. The molecule has 1 aromatic heterocycles. The van der Waals surface area contributed by atoms with Gasteiger partial charge in [-0.1, -0.05) is 0 Å². The lowest BCUT2D eigenvalue weighted by Crippen LogP contribution is -2.35. The summed E-state index contributed by atoms with van der Waals surface area (Å²) in [5.41, 5.74) is 0. The second kappa shape index (κ2) is 4.66. The van der Waals surface area contributed by atoms with Crippen molar-refractivity contribution in [2.45, 2.75) is 12.8 Å². The van der Waals surface area contributed by atoms with E-state index in [0.29, 0.717) is 0 Å². The van der Waals surface area contributed by atoms with Gasteiger partial charge in [0.25, 0.3) is 0 Å². The van der Waals surface area contributed by atoms with Gasteiger partial charge in [-0.05, 0) is 32.4 Å². The number of nitrogens with zero attached hydrogens (tertiary/aromatic N) is 3. The van der Waals surface area contributed by atoms with Crippen LogP contribution in [0, 0.1) is 5.92 Å². The molecule has 1 saturated heterocycles. The van der Waals surface area contributed by atoms with Gasteiger partial charge >= 0.3 is 0 Å². The highest BCUT2D eigenvalue weighted by Crippen LogP contribution is 2.15. The van der Waals surface area contributed by atoms with E-state index in [9.17, 15) is 0 Å². The second-order valence-electron chi connectivity index (χ2n) is 4.53. The van der Waals surface area contributed by atoms with Gasteiger partial charge in [0.1, 0.15) is 5.82 Å². The first-order valence-corrected chi connectivity index (χ1v) is 5.66. The van der Waals surface area contributed by atoms with Crippen molar-refractivity contribution in [3.8, 4) is 0 Å². The standard InChI is InChI=1S/C11H20N4/c1-14-6-3-4-10(9-14)8-12-11-5-7-15(2)13-11/h5,7,10H,3-4,6,8-9H2,1-2H3,(H,12,13). The van der Waals surface area contributed by atoms with Gasteiger partial charge in [-0.3, -0.25) is 4.68 Å². The quantitative estimate of drug-likeness (QED) is 0.809. The van der Waals surface area contributed by atoms with Crippen molar-refractivity contribution in [2.75, 3.05) is 32.0 Å². The van der Waals surface area contributed by atoms with Crippen molar-refractivity contribution in [3.05, 3.63) is 12.3 Å². The Labute approximate surface area is 91.3 Å². The first-order chi connectivity index (χ1) is 7.24. The summed E-state index contributed by atoms with van der Waals surface area (Å²) in [4.78, 5) is 2.41. The largest absolute Gasteiger partial charge is 0.368 e. The topological polar surface area (TPSA) is 33.1 Å². The van der Waals surface area contributed by atoms with E-state index in [2.05, 4.69) is 22.4 Å². The van der Waals surface area contributed by atoms with E-state index in [1.54, 1.807) is 0 Å². The Balaban J connectivity index is 1.77. The summed E-state index contributed by atoms with van der Waals surface area (Å²) >= 11 is 0. The molecule has 1 aliphatic heterocycles. The molecule has 1 aliphatic rings. The van der Waals surface area contributed by atoms with Crippen LogP contribution in [0.3, 0.4) is 0 Å². The molecule has 2 heterocycles. The zero-order valence-electron chi connectivity index (χ0n) is 9.61. The molecule has 1 fully saturated rings. The number of likely N-dealkylation sites (tertiary alicyclic amines) is 1. The van der Waals surface area contributed by atoms with Crippen LogP contribution in [0.2, 0.25) is 0 Å². The molecule has 0 bridgehead atoms. The molecule has 0 spiro atoms. The molecule has 0 amide bonds. The van der Waals surface area contributed by atoms with Crippen molar-refractivity contribution in [1.82, 2.24) is 14.7 Å². The zero-order chi connectivity index (χ0) is 10.7. The number of hydrogen-bond acceptors (Lipinski definition) is 3. The molecule has 0 radical (unpaired) electrons. The Hall–Kier alpha value is -1.03. The van der Waals surface area contributed by atoms with E-state index >= 15 is 0 Å². The predicted molar refractivity (Wildman–Crippen MR) is 61.9 cm³/mol. The van der Waals surface area contributed by atoms with E-state index in [1.165, 1.54) is 25.9 Å². The SMILES string of the molecule is CN1CCCC(CNc2ccn(C)n2)C1. The summed E-state index contributed by atoms with van der Waals surface area (Å²) in [6, 6.07) is 2.02. The molecule has 0 saturated carbocycles. The predicted octanol–water partition coefficient (Wildman–Crippen LogP) is 1.17. The molecule has 1 unspecified atom stereocenters. The van der Waals surface area contributed by atoms with Crippen molar-refractivity contribution >= 4 is 5.82 Å². The third-order valence-electron chi connectivity index (χ3n) is 3.01. The number of nitrogens with one attached hydrogen (secondary N) is 1. The van der Waals surface area contributed by atoms with Crippen molar-refractivity contribution < 1.29 is 0 Å². The van der Waals surface area contributed by atoms with Crippen LogP contribution >= 0.6 is 0 Å². The summed E-state index contributed by atoms with van der Waals surface area (Å²) in [7, 11) is 4.15. The molecule has 1 N–H and O–H groups in total. The summed E-state index contributed by atoms with van der Waals surface area (Å²) in [5.74, 6) is 1.76. The number of anilines is 1. The van der Waals surface area contributed by atoms with Crippen LogP contribution in [-0.4, -0.2) is 41.4 Å². The number of piperidine rings is 1. The molecule has 4 heteroatoms. The fraction of sp³-hybridized carbons (Fsp3) is 0.727. The number of aryl methyl sites for hydroxylation is 1. The molecular formula is C11H20N4. The van der Waals surface area contributed by atoms with Gasteiger partial charge in [0.15, 0.2) is 0 Å². The smallest absolute Gasteiger partial charge is 0.147 e. The Morgan fingerprint density at radius 2 is 2.40 bits per heavy atom. The molecule has 1 aromatic rings. The highest BCUT2D eigenvalue weighted by molar-refractivity contribution is 5.31. The van der Waals surface area contributed by atoms with E-state index < -0.39 is 0 Å². The summed E-state index contributed by atoms with van der Waals surface area (Å²) in [6.45, 7) is 3.50. The highest BCUT2D eigenvalue weighted by atomic mass is 15.3. The molecule has 2 rings (SSSR count). The van der Waals surface area contributed by atoms with Crippen LogP contribution in [0.15, 0.2) is 12.3 Å². The lowest BCUT2D eigenvalue weighted by molar-refractivity contribution is 0.217. The molecule has 1 atom stereocenters. The fourth-order valence-corrected chi connectivity index (χ4v) is 2.20. The van der Waals surface area contributed by atoms with Gasteiger partial charge in [-0.15, -0.1) is 0 Å². The van der Waals surface area contributed by atoms with Crippen molar-refractivity contribution in [2.24, 2.45) is 13.0 Å². The monoisotopic (exact) mass is 208 g/mol. The molecular weight excluding hydrogens is 188 g/mol. The molecule has 4 nitrogen and oxygen atoms in total. The lowest BCUT2D eigenvalue weighted by atomic mass is 9.98. The molecule has 84 valence electrons. The van der Waals surface area contributed by atoms with Crippen LogP contribution in [0.1, 0.15) is 12.8 Å². The number of aromatic nitrogens is 2. The first-order valence-electron chi connectivity index (χ1n) is 5.66. The lowest BCUT2D eigenvalue weighted by Gasteiger charge is -2.29. The number of rotatable bonds is 3. The Morgan fingerprint density at radius 3 is 3.07 bits per heavy atom. The van der Waals surface area contributed by atoms with Gasteiger partial charge in [-0.25, -0.2) is 0 Å². The maximum atomic E-state index is 4.31. The minimum atomic E-state index is 0.769. The van der Waals surface area contributed by atoms with Crippen LogP contribution in [0.25, 0.3) is 0 Å². The second-order valence-corrected chi connectivity index (χ2v) is 4.53. The van der Waals surface area contributed by atoms with E-state index in [4.69, 9.17) is 0 Å². The van der Waals surface area contributed by atoms with Crippen LogP contribution in [0.4, 0.5) is 5.82 Å². The van der Waals surface area contributed by atoms with Gasteiger partial charge < -0.3 is 10.2 Å². The molecule has 15 heavy (non-hydrogen) atoms. The summed E-state index contributed by atoms with van der Waals surface area (Å²) in [6.07, 6.45) is 4.63. The van der Waals surface area contributed by atoms with E-state index in [1.807, 2.05) is 24.0 Å². The van der Waals surface area contributed by atoms with E-state index in [0.717, 1.165) is 18.3 Å². The van der Waals surface area contributed by atoms with Crippen molar-refractivity contribution in [1.29, 1.82) is 0 Å². The summed E-state index contributed by atoms with van der Waals surface area (Å²) < 4.78 is 1.83. The van der Waals surface area contributed by atoms with Crippen molar-refractivity contribution in [3.63, 3.8) is 0 Å². The minimum absolute atomic E-state index is 0.769. The van der Waals surface area contributed by atoms with Gasteiger partial charge in [-0.2, -0.15) is 5.10 Å². The third kappa shape index (κ3) is 2.96. The maximum absolute atomic E-state index is 4.31. The fourth-order valence-electron chi connectivity index (χ4n) is 2.20. The minimum Gasteiger partial charge on any atom is -0.368 e. The molecule has 0 aliphatic carbocycles. The zero-order valence-corrected chi connectivity index (χ0v) is 9.61. The van der Waals surface area contributed by atoms with Gasteiger partial charge in [0.2, 0.25) is 0 Å². The normalized spacial score (nSPS) is 22.9. The van der Waals surface area contributed by atoms with Gasteiger partial charge in [0, 0.05) is 32.4 Å². The van der Waals surface area contributed by atoms with Crippen LogP contribution in [-0.2, 0) is 7.05 Å². The van der Waals surface area contributed by atoms with Crippen LogP contribution < -0.4 is 5.32 Å². The number of hydrogen-bond donors (Lipinski definition) is 1. The first kappa shape index (κ1) is 10.5. The molecule has 0 aromatic carbocycles. The Morgan fingerprint density at radius 1 is 1.53 bits per heavy atom. The average molecular weight is 208 g/mol. The Bertz CT molecular complexity index is 307. The van der Waals surface area contributed by atoms with E-state index in [-0.39, 0.29) is 0 Å².